The summed E-state index contributed by atoms with van der Waals surface area (Å²) in [5.41, 5.74) is 12.6. The highest BCUT2D eigenvalue weighted by atomic mass is 35.5. The first-order valence-corrected chi connectivity index (χ1v) is 5.15. The summed E-state index contributed by atoms with van der Waals surface area (Å²) in [6.45, 7) is 0.552. The fourth-order valence-corrected chi connectivity index (χ4v) is 1.38. The van der Waals surface area contributed by atoms with Crippen LogP contribution in [0.4, 0.5) is 21.7 Å². The van der Waals surface area contributed by atoms with E-state index >= 15 is 0 Å². The second kappa shape index (κ2) is 6.07. The molecule has 0 spiro atoms. The molecule has 0 radical (unpaired) electrons. The van der Waals surface area contributed by atoms with Gasteiger partial charge in [-0.3, -0.25) is 0 Å². The number of halogens is 2. The first kappa shape index (κ1) is 14.1. The summed E-state index contributed by atoms with van der Waals surface area (Å²) in [5, 5.41) is 3.08. The number of anilines is 3. The second-order valence-electron chi connectivity index (χ2n) is 3.65. The number of aromatic nitrogens is 1. The molecule has 0 aliphatic rings. The summed E-state index contributed by atoms with van der Waals surface area (Å²) in [5.74, 6) is 0.693. The van der Waals surface area contributed by atoms with Gasteiger partial charge in [-0.15, -0.1) is 12.4 Å². The SMILES string of the molecule is Cl.Nc1ccc(NCc2ccc(F)cc2)nc1N. The molecule has 18 heavy (non-hydrogen) atoms. The number of nitrogen functional groups attached to an aromatic ring is 2. The summed E-state index contributed by atoms with van der Waals surface area (Å²) in [4.78, 5) is 4.07. The van der Waals surface area contributed by atoms with E-state index in [9.17, 15) is 4.39 Å². The van der Waals surface area contributed by atoms with Crippen molar-refractivity contribution in [3.05, 3.63) is 47.8 Å². The molecule has 0 atom stereocenters. The number of hydrogen-bond donors (Lipinski definition) is 3. The number of nitrogens with two attached hydrogens (primary N) is 2. The molecule has 1 aromatic carbocycles. The minimum Gasteiger partial charge on any atom is -0.396 e. The molecule has 0 fully saturated rings. The molecule has 0 aliphatic heterocycles. The average Bonchev–Trinajstić information content (AvgIpc) is 2.33. The molecule has 1 heterocycles. The van der Waals surface area contributed by atoms with Gasteiger partial charge in [-0.25, -0.2) is 9.37 Å². The van der Waals surface area contributed by atoms with Crippen LogP contribution in [-0.4, -0.2) is 4.98 Å². The van der Waals surface area contributed by atoms with Crippen molar-refractivity contribution in [3.8, 4) is 0 Å². The van der Waals surface area contributed by atoms with Crippen molar-refractivity contribution in [2.24, 2.45) is 0 Å². The molecule has 0 saturated carbocycles. The zero-order valence-corrected chi connectivity index (χ0v) is 10.4. The van der Waals surface area contributed by atoms with E-state index in [-0.39, 0.29) is 18.2 Å². The molecule has 0 amide bonds. The molecule has 2 aromatic rings. The van der Waals surface area contributed by atoms with Gasteiger partial charge in [0.05, 0.1) is 5.69 Å². The lowest BCUT2D eigenvalue weighted by atomic mass is 10.2. The minimum atomic E-state index is -0.247. The molecule has 96 valence electrons. The highest BCUT2D eigenvalue weighted by molar-refractivity contribution is 5.85. The Balaban J connectivity index is 0.00000162. The third-order valence-corrected chi connectivity index (χ3v) is 2.34. The quantitative estimate of drug-likeness (QED) is 0.799. The molecule has 2 rings (SSSR count). The third-order valence-electron chi connectivity index (χ3n) is 2.34. The van der Waals surface area contributed by atoms with Gasteiger partial charge in [0.1, 0.15) is 17.5 Å². The largest absolute Gasteiger partial charge is 0.396 e. The van der Waals surface area contributed by atoms with E-state index in [0.29, 0.717) is 23.9 Å². The predicted octanol–water partition coefficient (Wildman–Crippen LogP) is 2.42. The lowest BCUT2D eigenvalue weighted by Gasteiger charge is -2.07. The van der Waals surface area contributed by atoms with Gasteiger partial charge in [0.2, 0.25) is 0 Å². The maximum absolute atomic E-state index is 12.7. The smallest absolute Gasteiger partial charge is 0.149 e. The molecule has 0 unspecified atom stereocenters. The van der Waals surface area contributed by atoms with Crippen LogP contribution in [0.15, 0.2) is 36.4 Å². The summed E-state index contributed by atoms with van der Waals surface area (Å²) < 4.78 is 12.7. The Morgan fingerprint density at radius 1 is 1.06 bits per heavy atom. The number of hydrogen-bond acceptors (Lipinski definition) is 4. The zero-order chi connectivity index (χ0) is 12.3. The van der Waals surface area contributed by atoms with E-state index in [1.54, 1.807) is 24.3 Å². The van der Waals surface area contributed by atoms with Crippen molar-refractivity contribution >= 4 is 29.7 Å². The van der Waals surface area contributed by atoms with Crippen LogP contribution in [0.3, 0.4) is 0 Å². The van der Waals surface area contributed by atoms with Crippen LogP contribution >= 0.6 is 12.4 Å². The van der Waals surface area contributed by atoms with Crippen molar-refractivity contribution in [1.82, 2.24) is 4.98 Å². The topological polar surface area (TPSA) is 77.0 Å². The van der Waals surface area contributed by atoms with E-state index in [0.717, 1.165) is 5.56 Å². The van der Waals surface area contributed by atoms with Gasteiger partial charge < -0.3 is 16.8 Å². The zero-order valence-electron chi connectivity index (χ0n) is 9.56. The van der Waals surface area contributed by atoms with Crippen molar-refractivity contribution < 1.29 is 4.39 Å². The Hall–Kier alpha value is -2.01. The van der Waals surface area contributed by atoms with E-state index in [1.165, 1.54) is 12.1 Å². The highest BCUT2D eigenvalue weighted by Gasteiger charge is 1.99. The Morgan fingerprint density at radius 3 is 2.33 bits per heavy atom. The molecular formula is C12H14ClFN4. The fraction of sp³-hybridized carbons (Fsp3) is 0.0833. The van der Waals surface area contributed by atoms with Gasteiger partial charge >= 0.3 is 0 Å². The first-order valence-electron chi connectivity index (χ1n) is 5.15. The van der Waals surface area contributed by atoms with Crippen molar-refractivity contribution in [3.63, 3.8) is 0 Å². The van der Waals surface area contributed by atoms with Crippen LogP contribution in [0.5, 0.6) is 0 Å². The monoisotopic (exact) mass is 268 g/mol. The summed E-state index contributed by atoms with van der Waals surface area (Å²) in [7, 11) is 0. The molecule has 4 nitrogen and oxygen atoms in total. The lowest BCUT2D eigenvalue weighted by Crippen LogP contribution is -2.04. The van der Waals surface area contributed by atoms with Gasteiger partial charge in [-0.05, 0) is 29.8 Å². The third kappa shape index (κ3) is 3.49. The van der Waals surface area contributed by atoms with E-state index in [2.05, 4.69) is 10.3 Å². The molecule has 0 saturated heterocycles. The second-order valence-corrected chi connectivity index (χ2v) is 3.65. The van der Waals surface area contributed by atoms with Crippen LogP contribution in [0.2, 0.25) is 0 Å². The number of benzene rings is 1. The van der Waals surface area contributed by atoms with Crippen molar-refractivity contribution in [1.29, 1.82) is 0 Å². The van der Waals surface area contributed by atoms with Crippen LogP contribution in [0.25, 0.3) is 0 Å². The normalized spacial score (nSPS) is 9.61. The van der Waals surface area contributed by atoms with E-state index < -0.39 is 0 Å². The molecular weight excluding hydrogens is 255 g/mol. The number of nitrogens with one attached hydrogen (secondary N) is 1. The number of rotatable bonds is 3. The molecule has 1 aromatic heterocycles. The minimum absolute atomic E-state index is 0. The summed E-state index contributed by atoms with van der Waals surface area (Å²) in [6, 6.07) is 9.69. The van der Waals surface area contributed by atoms with Gasteiger partial charge in [0.15, 0.2) is 0 Å². The van der Waals surface area contributed by atoms with Gasteiger partial charge in [-0.1, -0.05) is 12.1 Å². The molecule has 6 heteroatoms. The van der Waals surface area contributed by atoms with Crippen LogP contribution in [0.1, 0.15) is 5.56 Å². The maximum atomic E-state index is 12.7. The lowest BCUT2D eigenvalue weighted by molar-refractivity contribution is 0.627. The Morgan fingerprint density at radius 2 is 1.72 bits per heavy atom. The summed E-state index contributed by atoms with van der Waals surface area (Å²) >= 11 is 0. The Labute approximate surface area is 111 Å². The number of pyridine rings is 1. The van der Waals surface area contributed by atoms with Crippen LogP contribution in [0, 0.1) is 5.82 Å². The molecule has 5 N–H and O–H groups in total. The van der Waals surface area contributed by atoms with E-state index in [1.807, 2.05) is 0 Å². The highest BCUT2D eigenvalue weighted by Crippen LogP contribution is 2.15. The fourth-order valence-electron chi connectivity index (χ4n) is 1.38. The van der Waals surface area contributed by atoms with Crippen LogP contribution in [-0.2, 0) is 6.54 Å². The molecule has 0 aliphatic carbocycles. The van der Waals surface area contributed by atoms with Crippen molar-refractivity contribution in [2.75, 3.05) is 16.8 Å². The summed E-state index contributed by atoms with van der Waals surface area (Å²) in [6.07, 6.45) is 0. The van der Waals surface area contributed by atoms with Gasteiger partial charge in [0.25, 0.3) is 0 Å². The first-order chi connectivity index (χ1) is 8.15. The van der Waals surface area contributed by atoms with E-state index in [4.69, 9.17) is 11.5 Å². The van der Waals surface area contributed by atoms with Crippen molar-refractivity contribution in [2.45, 2.75) is 6.54 Å². The average molecular weight is 269 g/mol. The number of nitrogens with zero attached hydrogens (tertiary/aromatic N) is 1. The molecule has 0 bridgehead atoms. The Bertz CT molecular complexity index is 516. The predicted molar refractivity (Wildman–Crippen MR) is 74.0 cm³/mol. The van der Waals surface area contributed by atoms with Gasteiger partial charge in [-0.2, -0.15) is 0 Å². The Kier molecular flexibility index (Phi) is 4.74. The van der Waals surface area contributed by atoms with Gasteiger partial charge in [0, 0.05) is 6.54 Å². The standard InChI is InChI=1S/C12H13FN4.ClH/c13-9-3-1-8(2-4-9)7-16-11-6-5-10(14)12(15)17-11;/h1-6H,7,14H2,(H3,15,16,17);1H. The maximum Gasteiger partial charge on any atom is 0.149 e. The van der Waals surface area contributed by atoms with Crippen LogP contribution < -0.4 is 16.8 Å².